The van der Waals surface area contributed by atoms with Gasteiger partial charge >= 0.3 is 0 Å². The first-order chi connectivity index (χ1) is 20.9. The molecule has 2 amide bonds. The van der Waals surface area contributed by atoms with E-state index >= 15 is 4.39 Å². The van der Waals surface area contributed by atoms with Crippen LogP contribution in [0.25, 0.3) is 11.1 Å². The summed E-state index contributed by atoms with van der Waals surface area (Å²) in [6.07, 6.45) is 12.7. The number of hydrogen-bond donors (Lipinski definition) is 2. The fourth-order valence-corrected chi connectivity index (χ4v) is 6.35. The third kappa shape index (κ3) is 8.26. The summed E-state index contributed by atoms with van der Waals surface area (Å²) in [4.78, 5) is 30.9. The summed E-state index contributed by atoms with van der Waals surface area (Å²) in [5.41, 5.74) is 3.37. The standard InChI is InChI=1S/C32H47FN6O4S/c1-8-25-24(18-43-38-25)31(40)36-29(22-12-10-20(3)11-13-22)32(41)35-27-15-14-23(30(33)34-27)28-21(4)37-39(26(28)9-2)19-42-16-17-44(5,6)7/h14-15,18,20,22,29H,8-13,16-17,19H2,1-7H3,(H,36,40)(H,34,35,41)/t20-,22-,29-/m0/s1. The summed E-state index contributed by atoms with van der Waals surface area (Å²) >= 11 is 0. The highest BCUT2D eigenvalue weighted by Gasteiger charge is 2.34. The Kier molecular flexibility index (Phi) is 11.2. The Bertz CT molecular complexity index is 1440. The van der Waals surface area contributed by atoms with E-state index in [2.05, 4.69) is 51.6 Å². The van der Waals surface area contributed by atoms with Crippen molar-refractivity contribution >= 4 is 27.7 Å². The van der Waals surface area contributed by atoms with E-state index in [-0.39, 0.29) is 11.7 Å². The van der Waals surface area contributed by atoms with Crippen LogP contribution in [0.4, 0.5) is 10.2 Å². The lowest BCUT2D eigenvalue weighted by Gasteiger charge is -2.32. The van der Waals surface area contributed by atoms with Gasteiger partial charge in [-0.25, -0.2) is 19.7 Å². The number of hydrogen-bond acceptors (Lipinski definition) is 7. The molecule has 1 saturated carbocycles. The van der Waals surface area contributed by atoms with Crippen LogP contribution in [0.5, 0.6) is 0 Å². The van der Waals surface area contributed by atoms with Gasteiger partial charge in [0.05, 0.1) is 18.0 Å². The molecule has 1 fully saturated rings. The van der Waals surface area contributed by atoms with Crippen LogP contribution < -0.4 is 10.6 Å². The summed E-state index contributed by atoms with van der Waals surface area (Å²) in [5, 5.41) is 14.2. The average Bonchev–Trinajstić information content (AvgIpc) is 3.58. The average molecular weight is 631 g/mol. The summed E-state index contributed by atoms with van der Waals surface area (Å²) in [6, 6.07) is 2.40. The molecule has 0 aromatic carbocycles. The summed E-state index contributed by atoms with van der Waals surface area (Å²) < 4.78 is 28.3. The zero-order chi connectivity index (χ0) is 32.0. The minimum atomic E-state index is -0.814. The predicted molar refractivity (Wildman–Crippen MR) is 173 cm³/mol. The maximum absolute atomic E-state index is 15.6. The van der Waals surface area contributed by atoms with Gasteiger partial charge in [0.15, 0.2) is 0 Å². The molecule has 10 nitrogen and oxygen atoms in total. The van der Waals surface area contributed by atoms with Crippen molar-refractivity contribution in [1.29, 1.82) is 0 Å². The Balaban J connectivity index is 1.52. The molecule has 12 heteroatoms. The highest BCUT2D eigenvalue weighted by molar-refractivity contribution is 8.32. The summed E-state index contributed by atoms with van der Waals surface area (Å²) in [5.74, 6) is 0.0287. The van der Waals surface area contributed by atoms with E-state index < -0.39 is 33.8 Å². The Morgan fingerprint density at radius 3 is 2.52 bits per heavy atom. The number of aromatic nitrogens is 4. The molecule has 1 aliphatic carbocycles. The van der Waals surface area contributed by atoms with Gasteiger partial charge in [-0.15, -0.1) is 0 Å². The molecule has 3 aromatic heterocycles. The van der Waals surface area contributed by atoms with Crippen LogP contribution in [0.15, 0.2) is 22.9 Å². The monoisotopic (exact) mass is 630 g/mol. The quantitative estimate of drug-likeness (QED) is 0.182. The van der Waals surface area contributed by atoms with Gasteiger partial charge in [0.2, 0.25) is 11.9 Å². The van der Waals surface area contributed by atoms with E-state index in [1.807, 2.05) is 20.8 Å². The molecule has 3 aromatic rings. The molecule has 0 spiro atoms. The Morgan fingerprint density at radius 1 is 1.16 bits per heavy atom. The lowest BCUT2D eigenvalue weighted by atomic mass is 9.79. The molecular weight excluding hydrogens is 583 g/mol. The topological polar surface area (TPSA) is 124 Å². The van der Waals surface area contributed by atoms with Crippen molar-refractivity contribution in [3.63, 3.8) is 0 Å². The van der Waals surface area contributed by atoms with Crippen molar-refractivity contribution in [3.05, 3.63) is 47.0 Å². The fraction of sp³-hybridized carbons (Fsp3) is 0.594. The molecule has 242 valence electrons. The van der Waals surface area contributed by atoms with Gasteiger partial charge in [-0.1, -0.05) is 38.8 Å². The maximum Gasteiger partial charge on any atom is 0.257 e. The number of nitrogens with zero attached hydrogens (tertiary/aromatic N) is 4. The van der Waals surface area contributed by atoms with E-state index in [0.29, 0.717) is 60.2 Å². The molecule has 0 aliphatic heterocycles. The Labute approximate surface area is 261 Å². The number of halogens is 1. The molecule has 44 heavy (non-hydrogen) atoms. The number of ether oxygens (including phenoxy) is 1. The molecular formula is C32H47FN6O4S. The number of anilines is 1. The Morgan fingerprint density at radius 2 is 1.89 bits per heavy atom. The molecule has 3 heterocycles. The van der Waals surface area contributed by atoms with Crippen LogP contribution in [0, 0.1) is 24.7 Å². The number of rotatable bonds is 13. The van der Waals surface area contributed by atoms with Crippen molar-refractivity contribution < 1.29 is 23.2 Å². The fourth-order valence-electron chi connectivity index (χ4n) is 5.74. The molecule has 1 aliphatic rings. The van der Waals surface area contributed by atoms with Crippen molar-refractivity contribution in [2.45, 2.75) is 79.0 Å². The highest BCUT2D eigenvalue weighted by atomic mass is 32.3. The third-order valence-corrected chi connectivity index (χ3v) is 9.71. The SMILES string of the molecule is CCc1nocc1C(=O)N[C@H](C(=O)Nc1ccc(-c2c(C)nn(COCCS(C)(C)C)c2CC)c(F)n1)[C@H]1CC[C@H](C)CC1. The number of aryl methyl sites for hydroxylation is 2. The summed E-state index contributed by atoms with van der Waals surface area (Å²) in [7, 11) is -0.662. The van der Waals surface area contributed by atoms with E-state index in [1.54, 1.807) is 16.8 Å². The van der Waals surface area contributed by atoms with Gasteiger partial charge < -0.3 is 19.9 Å². The van der Waals surface area contributed by atoms with Crippen LogP contribution >= 0.6 is 10.0 Å². The van der Waals surface area contributed by atoms with Crippen LogP contribution in [-0.4, -0.2) is 68.9 Å². The van der Waals surface area contributed by atoms with Crippen LogP contribution in [0.2, 0.25) is 0 Å². The second-order valence-corrected chi connectivity index (χ2v) is 17.2. The third-order valence-electron chi connectivity index (χ3n) is 8.32. The second-order valence-electron chi connectivity index (χ2n) is 12.6. The van der Waals surface area contributed by atoms with Gasteiger partial charge in [0.25, 0.3) is 5.91 Å². The molecule has 1 atom stereocenters. The van der Waals surface area contributed by atoms with E-state index in [0.717, 1.165) is 37.1 Å². The zero-order valence-corrected chi connectivity index (χ0v) is 27.9. The first-order valence-corrected chi connectivity index (χ1v) is 18.5. The lowest BCUT2D eigenvalue weighted by Crippen LogP contribution is -2.49. The second kappa shape index (κ2) is 14.7. The van der Waals surface area contributed by atoms with E-state index in [9.17, 15) is 9.59 Å². The molecule has 0 unspecified atom stereocenters. The van der Waals surface area contributed by atoms with Crippen molar-refractivity contribution in [1.82, 2.24) is 25.2 Å². The number of amides is 2. The van der Waals surface area contributed by atoms with Gasteiger partial charge in [0.1, 0.15) is 30.4 Å². The number of nitrogens with one attached hydrogen (secondary N) is 2. The number of carbonyl (C=O) groups excluding carboxylic acids is 2. The molecule has 0 saturated heterocycles. The van der Waals surface area contributed by atoms with E-state index in [1.165, 1.54) is 6.26 Å². The van der Waals surface area contributed by atoms with Crippen molar-refractivity contribution in [2.24, 2.45) is 11.8 Å². The van der Waals surface area contributed by atoms with Gasteiger partial charge in [-0.05, 0) is 75.3 Å². The molecule has 0 radical (unpaired) electrons. The zero-order valence-electron chi connectivity index (χ0n) is 27.0. The van der Waals surface area contributed by atoms with Gasteiger partial charge in [-0.3, -0.25) is 9.59 Å². The molecule has 0 bridgehead atoms. The Hall–Kier alpha value is -3.25. The largest absolute Gasteiger partial charge is 0.364 e. The van der Waals surface area contributed by atoms with Crippen LogP contribution in [0.3, 0.4) is 0 Å². The highest BCUT2D eigenvalue weighted by Crippen LogP contribution is 2.34. The molecule has 4 rings (SSSR count). The minimum absolute atomic E-state index is 0.0585. The summed E-state index contributed by atoms with van der Waals surface area (Å²) in [6.45, 7) is 8.85. The first kappa shape index (κ1) is 33.6. The van der Waals surface area contributed by atoms with Gasteiger partial charge in [0, 0.05) is 22.6 Å². The van der Waals surface area contributed by atoms with Crippen LogP contribution in [-0.2, 0) is 29.1 Å². The smallest absolute Gasteiger partial charge is 0.257 e. The number of carbonyl (C=O) groups is 2. The van der Waals surface area contributed by atoms with Gasteiger partial charge in [-0.2, -0.15) is 9.49 Å². The number of pyridine rings is 1. The first-order valence-electron chi connectivity index (χ1n) is 15.4. The molecule has 2 N–H and O–H groups in total. The van der Waals surface area contributed by atoms with Crippen molar-refractivity contribution in [3.8, 4) is 11.1 Å². The van der Waals surface area contributed by atoms with Crippen LogP contribution in [0.1, 0.15) is 73.9 Å². The predicted octanol–water partition coefficient (Wildman–Crippen LogP) is 5.74. The maximum atomic E-state index is 15.6. The van der Waals surface area contributed by atoms with Crippen molar-refractivity contribution in [2.75, 3.05) is 36.4 Å². The van der Waals surface area contributed by atoms with E-state index in [4.69, 9.17) is 9.26 Å². The normalized spacial score (nSPS) is 18.2. The lowest BCUT2D eigenvalue weighted by molar-refractivity contribution is -0.119. The minimum Gasteiger partial charge on any atom is -0.364 e.